The third-order valence-electron chi connectivity index (χ3n) is 4.60. The summed E-state index contributed by atoms with van der Waals surface area (Å²) >= 11 is 1.59. The predicted octanol–water partition coefficient (Wildman–Crippen LogP) is 3.55. The van der Waals surface area contributed by atoms with Crippen LogP contribution in [0.15, 0.2) is 47.6 Å². The standard InChI is InChI=1S/C19H18FN5O2S/c1-10-16(25-9-3-4-14(20)17(25)21-10)15-11(2)28-19(23-15)22-13-7-5-12(6-8-13)18(26)24-27/h3-9,11,15,27H,1-2H3,(H,22,23)(H,24,26). The molecule has 28 heavy (non-hydrogen) atoms. The van der Waals surface area contributed by atoms with E-state index in [4.69, 9.17) is 10.2 Å². The van der Waals surface area contributed by atoms with Gasteiger partial charge in [-0.2, -0.15) is 0 Å². The number of hydrogen-bond donors (Lipinski definition) is 3. The van der Waals surface area contributed by atoms with Crippen molar-refractivity contribution in [1.29, 1.82) is 0 Å². The van der Waals surface area contributed by atoms with Gasteiger partial charge < -0.3 is 5.32 Å². The van der Waals surface area contributed by atoms with Crippen molar-refractivity contribution in [3.8, 4) is 0 Å². The lowest BCUT2D eigenvalue weighted by Gasteiger charge is -2.13. The number of pyridine rings is 1. The Morgan fingerprint density at radius 1 is 1.29 bits per heavy atom. The maximum atomic E-state index is 14.1. The van der Waals surface area contributed by atoms with E-state index >= 15 is 0 Å². The molecule has 1 aliphatic rings. The fourth-order valence-corrected chi connectivity index (χ4v) is 4.28. The summed E-state index contributed by atoms with van der Waals surface area (Å²) in [6.07, 6.45) is 1.80. The highest BCUT2D eigenvalue weighted by Gasteiger charge is 2.32. The highest BCUT2D eigenvalue weighted by Crippen LogP contribution is 2.39. The summed E-state index contributed by atoms with van der Waals surface area (Å²) in [6, 6.07) is 9.57. The number of hydroxylamine groups is 1. The van der Waals surface area contributed by atoms with Crippen LogP contribution in [-0.2, 0) is 0 Å². The van der Waals surface area contributed by atoms with Crippen LogP contribution in [0.25, 0.3) is 5.65 Å². The van der Waals surface area contributed by atoms with Crippen LogP contribution in [0.5, 0.6) is 0 Å². The molecule has 1 aromatic carbocycles. The van der Waals surface area contributed by atoms with Gasteiger partial charge in [0.15, 0.2) is 16.6 Å². The van der Waals surface area contributed by atoms with Crippen molar-refractivity contribution in [2.75, 3.05) is 5.32 Å². The lowest BCUT2D eigenvalue weighted by Crippen LogP contribution is -2.18. The molecular formula is C19H18FN5O2S. The van der Waals surface area contributed by atoms with Gasteiger partial charge in [0.1, 0.15) is 6.04 Å². The van der Waals surface area contributed by atoms with E-state index in [1.165, 1.54) is 6.07 Å². The summed E-state index contributed by atoms with van der Waals surface area (Å²) in [5.41, 5.74) is 4.67. The van der Waals surface area contributed by atoms with Gasteiger partial charge in [-0.3, -0.25) is 19.4 Å². The minimum absolute atomic E-state index is 0.142. The first-order valence-corrected chi connectivity index (χ1v) is 9.55. The molecule has 4 rings (SSSR count). The van der Waals surface area contributed by atoms with Crippen molar-refractivity contribution < 1.29 is 14.4 Å². The Morgan fingerprint density at radius 3 is 2.75 bits per heavy atom. The summed E-state index contributed by atoms with van der Waals surface area (Å²) in [5, 5.41) is 12.8. The Bertz CT molecular complexity index is 1080. The van der Waals surface area contributed by atoms with E-state index in [-0.39, 0.29) is 17.1 Å². The number of anilines is 1. The lowest BCUT2D eigenvalue weighted by molar-refractivity contribution is 0.0706. The van der Waals surface area contributed by atoms with Gasteiger partial charge in [-0.1, -0.05) is 18.7 Å². The van der Waals surface area contributed by atoms with Gasteiger partial charge in [-0.15, -0.1) is 0 Å². The fourth-order valence-electron chi connectivity index (χ4n) is 3.26. The Hall–Kier alpha value is -2.91. The van der Waals surface area contributed by atoms with Crippen LogP contribution in [0.3, 0.4) is 0 Å². The molecule has 0 radical (unpaired) electrons. The van der Waals surface area contributed by atoms with E-state index in [2.05, 4.69) is 17.2 Å². The van der Waals surface area contributed by atoms with E-state index in [1.807, 2.05) is 6.92 Å². The molecule has 3 aromatic rings. The van der Waals surface area contributed by atoms with Gasteiger partial charge >= 0.3 is 0 Å². The molecule has 2 unspecified atom stereocenters. The number of imidazole rings is 1. The molecule has 0 saturated carbocycles. The van der Waals surface area contributed by atoms with E-state index < -0.39 is 5.91 Å². The molecule has 1 amide bonds. The zero-order valence-electron chi connectivity index (χ0n) is 15.2. The minimum Gasteiger partial charge on any atom is -0.335 e. The predicted molar refractivity (Wildman–Crippen MR) is 106 cm³/mol. The van der Waals surface area contributed by atoms with E-state index in [1.54, 1.807) is 58.2 Å². The average Bonchev–Trinajstić information content (AvgIpc) is 3.21. The van der Waals surface area contributed by atoms with Crippen LogP contribution in [0.1, 0.15) is 34.7 Å². The van der Waals surface area contributed by atoms with E-state index in [9.17, 15) is 9.18 Å². The molecule has 144 valence electrons. The normalized spacial score (nSPS) is 18.9. The van der Waals surface area contributed by atoms with Crippen LogP contribution in [0.4, 0.5) is 10.1 Å². The second-order valence-corrected chi connectivity index (χ2v) is 7.84. The molecule has 0 saturated heterocycles. The van der Waals surface area contributed by atoms with Gasteiger partial charge in [-0.25, -0.2) is 14.9 Å². The second-order valence-electron chi connectivity index (χ2n) is 6.48. The number of aliphatic imine (C=N–C) groups is 1. The molecule has 2 aromatic heterocycles. The third kappa shape index (κ3) is 3.23. The topological polar surface area (TPSA) is 91.0 Å². The number of nitrogens with one attached hydrogen (secondary N) is 2. The van der Waals surface area contributed by atoms with Gasteiger partial charge in [0.25, 0.3) is 5.91 Å². The lowest BCUT2D eigenvalue weighted by atomic mass is 10.1. The van der Waals surface area contributed by atoms with Crippen molar-refractivity contribution in [1.82, 2.24) is 14.9 Å². The van der Waals surface area contributed by atoms with Crippen LogP contribution in [0, 0.1) is 12.7 Å². The summed E-state index contributed by atoms with van der Waals surface area (Å²) in [6.45, 7) is 3.94. The number of nitrogens with zero attached hydrogens (tertiary/aromatic N) is 3. The number of fused-ring (bicyclic) bond motifs is 1. The molecule has 3 N–H and O–H groups in total. The highest BCUT2D eigenvalue weighted by molar-refractivity contribution is 8.15. The first-order valence-electron chi connectivity index (χ1n) is 8.67. The number of carbonyl (C=O) groups is 1. The zero-order valence-corrected chi connectivity index (χ0v) is 16.0. The van der Waals surface area contributed by atoms with E-state index in [0.29, 0.717) is 11.2 Å². The number of halogens is 1. The maximum absolute atomic E-state index is 14.1. The van der Waals surface area contributed by atoms with Crippen molar-refractivity contribution in [2.45, 2.75) is 25.1 Å². The number of aryl methyl sites for hydroxylation is 1. The SMILES string of the molecule is Cc1nc2c(F)cccn2c1C1N=C(Nc2ccc(C(=O)NO)cc2)SC1C. The first kappa shape index (κ1) is 18.5. The monoisotopic (exact) mass is 399 g/mol. The highest BCUT2D eigenvalue weighted by atomic mass is 32.2. The molecule has 2 atom stereocenters. The minimum atomic E-state index is -0.567. The Morgan fingerprint density at radius 2 is 2.04 bits per heavy atom. The summed E-state index contributed by atoms with van der Waals surface area (Å²) in [4.78, 5) is 20.6. The van der Waals surface area contributed by atoms with Crippen molar-refractivity contribution in [2.24, 2.45) is 4.99 Å². The van der Waals surface area contributed by atoms with Crippen molar-refractivity contribution in [3.05, 3.63) is 65.4 Å². The summed E-state index contributed by atoms with van der Waals surface area (Å²) in [7, 11) is 0. The van der Waals surface area contributed by atoms with Gasteiger partial charge in [0.05, 0.1) is 11.4 Å². The Kier molecular flexibility index (Phi) is 4.78. The number of hydrogen-bond acceptors (Lipinski definition) is 6. The second kappa shape index (κ2) is 7.25. The smallest absolute Gasteiger partial charge is 0.274 e. The number of carbonyl (C=O) groups excluding carboxylic acids is 1. The number of benzene rings is 1. The molecule has 9 heteroatoms. The van der Waals surface area contributed by atoms with Crippen LogP contribution < -0.4 is 10.8 Å². The molecule has 0 aliphatic carbocycles. The van der Waals surface area contributed by atoms with Gasteiger partial charge in [-0.05, 0) is 43.3 Å². The Balaban J connectivity index is 1.61. The molecule has 7 nitrogen and oxygen atoms in total. The fraction of sp³-hybridized carbons (Fsp3) is 0.211. The van der Waals surface area contributed by atoms with Crippen molar-refractivity contribution in [3.63, 3.8) is 0 Å². The molecular weight excluding hydrogens is 381 g/mol. The molecule has 1 aliphatic heterocycles. The Labute approximate surface area is 164 Å². The molecule has 0 bridgehead atoms. The molecule has 0 fully saturated rings. The first-order chi connectivity index (χ1) is 13.5. The third-order valence-corrected chi connectivity index (χ3v) is 5.66. The summed E-state index contributed by atoms with van der Waals surface area (Å²) in [5.74, 6) is -0.923. The van der Waals surface area contributed by atoms with Crippen LogP contribution >= 0.6 is 11.8 Å². The average molecular weight is 399 g/mol. The number of amides is 1. The summed E-state index contributed by atoms with van der Waals surface area (Å²) < 4.78 is 15.8. The van der Waals surface area contributed by atoms with Crippen LogP contribution in [0.2, 0.25) is 0 Å². The maximum Gasteiger partial charge on any atom is 0.274 e. The molecule has 0 spiro atoms. The van der Waals surface area contributed by atoms with E-state index in [0.717, 1.165) is 22.2 Å². The van der Waals surface area contributed by atoms with Crippen LogP contribution in [-0.4, -0.2) is 30.9 Å². The number of thioether (sulfide) groups is 1. The van der Waals surface area contributed by atoms with Gasteiger partial charge in [0, 0.05) is 22.7 Å². The number of amidine groups is 1. The zero-order chi connectivity index (χ0) is 19.8. The number of rotatable bonds is 3. The van der Waals surface area contributed by atoms with Gasteiger partial charge in [0.2, 0.25) is 0 Å². The molecule has 3 heterocycles. The number of aromatic nitrogens is 2. The quantitative estimate of drug-likeness (QED) is 0.463. The largest absolute Gasteiger partial charge is 0.335 e. The van der Waals surface area contributed by atoms with Crippen molar-refractivity contribution >= 4 is 34.2 Å².